The summed E-state index contributed by atoms with van der Waals surface area (Å²) in [5, 5.41) is 13.6. The number of hydrogen-bond donors (Lipinski definition) is 1. The molecule has 1 N–H and O–H groups in total. The van der Waals surface area contributed by atoms with E-state index < -0.39 is 11.4 Å². The molecule has 0 radical (unpaired) electrons. The van der Waals surface area contributed by atoms with E-state index in [4.69, 9.17) is 4.52 Å². The molecule has 0 spiro atoms. The second-order valence-electron chi connectivity index (χ2n) is 7.14. The minimum atomic E-state index is -0.868. The normalized spacial score (nSPS) is 28.2. The summed E-state index contributed by atoms with van der Waals surface area (Å²) in [6.45, 7) is 5.99. The highest BCUT2D eigenvalue weighted by molar-refractivity contribution is 5.93. The minimum Gasteiger partial charge on any atom is -0.481 e. The molecule has 23 heavy (non-hydrogen) atoms. The van der Waals surface area contributed by atoms with Crippen LogP contribution in [0.25, 0.3) is 0 Å². The van der Waals surface area contributed by atoms with Crippen LogP contribution in [-0.2, 0) is 4.79 Å². The maximum absolute atomic E-state index is 12.7. The average Bonchev–Trinajstić information content (AvgIpc) is 3.11. The molecule has 1 amide bonds. The van der Waals surface area contributed by atoms with Crippen molar-refractivity contribution in [1.82, 2.24) is 15.0 Å². The Kier molecular flexibility index (Phi) is 3.91. The van der Waals surface area contributed by atoms with E-state index in [1.54, 1.807) is 11.0 Å². The quantitative estimate of drug-likeness (QED) is 0.902. The van der Waals surface area contributed by atoms with Crippen LogP contribution in [0.4, 0.5) is 0 Å². The molecule has 2 saturated heterocycles. The van der Waals surface area contributed by atoms with Crippen LogP contribution < -0.4 is 0 Å². The molecule has 2 aliphatic heterocycles. The summed E-state index contributed by atoms with van der Waals surface area (Å²) < 4.78 is 5.19. The summed E-state index contributed by atoms with van der Waals surface area (Å²) in [4.78, 5) is 28.2. The fourth-order valence-electron chi connectivity index (χ4n) is 3.75. The predicted octanol–water partition coefficient (Wildman–Crippen LogP) is 1.28. The van der Waals surface area contributed by atoms with Crippen molar-refractivity contribution in [1.29, 1.82) is 0 Å². The lowest BCUT2D eigenvalue weighted by Crippen LogP contribution is -2.52. The summed E-state index contributed by atoms with van der Waals surface area (Å²) in [6.07, 6.45) is 0.794. The van der Waals surface area contributed by atoms with Gasteiger partial charge in [-0.1, -0.05) is 19.0 Å². The van der Waals surface area contributed by atoms with Crippen LogP contribution in [-0.4, -0.2) is 65.2 Å². The number of piperidine rings is 1. The Hall–Kier alpha value is -1.89. The van der Waals surface area contributed by atoms with Gasteiger partial charge in [0.25, 0.3) is 5.91 Å². The third kappa shape index (κ3) is 2.63. The van der Waals surface area contributed by atoms with Gasteiger partial charge in [-0.15, -0.1) is 0 Å². The molecule has 126 valence electrons. The van der Waals surface area contributed by atoms with Gasteiger partial charge in [0.15, 0.2) is 5.69 Å². The lowest BCUT2D eigenvalue weighted by molar-refractivity contribution is -0.153. The van der Waals surface area contributed by atoms with E-state index in [0.717, 1.165) is 13.0 Å². The van der Waals surface area contributed by atoms with Crippen LogP contribution in [0.3, 0.4) is 0 Å². The summed E-state index contributed by atoms with van der Waals surface area (Å²) in [5.74, 6) is -0.232. The summed E-state index contributed by atoms with van der Waals surface area (Å²) in [5.41, 5.74) is -0.603. The Bertz CT molecular complexity index is 627. The molecule has 2 aliphatic rings. The van der Waals surface area contributed by atoms with E-state index in [1.165, 1.54) is 0 Å². The van der Waals surface area contributed by atoms with E-state index in [2.05, 4.69) is 5.16 Å². The number of carbonyl (C=O) groups is 2. The standard InChI is InChI=1S/C16H23N3O4/c1-10(2)13-6-12(17-23-13)14(20)19-7-11-4-5-18(3)8-16(11,9-19)15(21)22/h6,10-11H,4-5,7-9H2,1-3H3,(H,21,22)/t11-,16-/m0/s1. The third-order valence-corrected chi connectivity index (χ3v) is 5.14. The molecule has 7 nitrogen and oxygen atoms in total. The number of carboxylic acids is 1. The second-order valence-corrected chi connectivity index (χ2v) is 7.14. The molecule has 7 heteroatoms. The molecule has 0 aromatic carbocycles. The van der Waals surface area contributed by atoms with Crippen LogP contribution in [0.5, 0.6) is 0 Å². The van der Waals surface area contributed by atoms with Crippen molar-refractivity contribution in [3.8, 4) is 0 Å². The molecule has 0 unspecified atom stereocenters. The Morgan fingerprint density at radius 1 is 1.43 bits per heavy atom. The molecule has 2 fully saturated rings. The number of aliphatic carboxylic acids is 1. The molecule has 0 saturated carbocycles. The topological polar surface area (TPSA) is 86.9 Å². The number of likely N-dealkylation sites (tertiary alicyclic amines) is 2. The fourth-order valence-corrected chi connectivity index (χ4v) is 3.75. The van der Waals surface area contributed by atoms with E-state index in [1.807, 2.05) is 25.8 Å². The lowest BCUT2D eigenvalue weighted by Gasteiger charge is -2.39. The molecular formula is C16H23N3O4. The Morgan fingerprint density at radius 2 is 2.17 bits per heavy atom. The van der Waals surface area contributed by atoms with Gasteiger partial charge < -0.3 is 19.4 Å². The summed E-state index contributed by atoms with van der Waals surface area (Å²) in [6, 6.07) is 1.66. The number of nitrogens with zero attached hydrogens (tertiary/aromatic N) is 3. The lowest BCUT2D eigenvalue weighted by atomic mass is 9.73. The number of carboxylic acid groups (broad SMARTS) is 1. The Morgan fingerprint density at radius 3 is 2.78 bits per heavy atom. The summed E-state index contributed by atoms with van der Waals surface area (Å²) in [7, 11) is 1.93. The van der Waals surface area contributed by atoms with Crippen molar-refractivity contribution in [2.24, 2.45) is 11.3 Å². The molecule has 0 bridgehead atoms. The molecule has 3 heterocycles. The van der Waals surface area contributed by atoms with Gasteiger partial charge in [-0.3, -0.25) is 9.59 Å². The SMILES string of the molecule is CC(C)c1cc(C(=O)N2C[C@@H]3CCN(C)C[C@]3(C(=O)O)C2)no1. The van der Waals surface area contributed by atoms with E-state index >= 15 is 0 Å². The van der Waals surface area contributed by atoms with Gasteiger partial charge in [0, 0.05) is 31.6 Å². The largest absolute Gasteiger partial charge is 0.481 e. The number of hydrogen-bond acceptors (Lipinski definition) is 5. The number of aromatic nitrogens is 1. The average molecular weight is 321 g/mol. The predicted molar refractivity (Wildman–Crippen MR) is 82.2 cm³/mol. The van der Waals surface area contributed by atoms with Crippen LogP contribution in [0.2, 0.25) is 0 Å². The van der Waals surface area contributed by atoms with Crippen LogP contribution >= 0.6 is 0 Å². The molecule has 2 atom stereocenters. The maximum Gasteiger partial charge on any atom is 0.313 e. The first-order valence-corrected chi connectivity index (χ1v) is 8.01. The monoisotopic (exact) mass is 321 g/mol. The highest BCUT2D eigenvalue weighted by Gasteiger charge is 2.55. The van der Waals surface area contributed by atoms with Crippen molar-refractivity contribution < 1.29 is 19.2 Å². The molecule has 3 rings (SSSR count). The molecule has 1 aromatic rings. The van der Waals surface area contributed by atoms with Gasteiger partial charge in [-0.25, -0.2) is 0 Å². The van der Waals surface area contributed by atoms with Crippen molar-refractivity contribution in [3.63, 3.8) is 0 Å². The van der Waals surface area contributed by atoms with Crippen molar-refractivity contribution in [2.45, 2.75) is 26.2 Å². The van der Waals surface area contributed by atoms with Crippen LogP contribution in [0, 0.1) is 11.3 Å². The third-order valence-electron chi connectivity index (χ3n) is 5.14. The second kappa shape index (κ2) is 5.63. The number of carbonyl (C=O) groups excluding carboxylic acids is 1. The smallest absolute Gasteiger partial charge is 0.313 e. The minimum absolute atomic E-state index is 0.00313. The fraction of sp³-hybridized carbons (Fsp3) is 0.688. The van der Waals surface area contributed by atoms with Gasteiger partial charge in [0.1, 0.15) is 11.2 Å². The Labute approximate surface area is 135 Å². The highest BCUT2D eigenvalue weighted by Crippen LogP contribution is 2.42. The molecule has 0 aliphatic carbocycles. The first kappa shape index (κ1) is 16.0. The zero-order chi connectivity index (χ0) is 16.8. The first-order chi connectivity index (χ1) is 10.8. The summed E-state index contributed by atoms with van der Waals surface area (Å²) >= 11 is 0. The van der Waals surface area contributed by atoms with E-state index in [-0.39, 0.29) is 30.0 Å². The van der Waals surface area contributed by atoms with Crippen LogP contribution in [0.15, 0.2) is 10.6 Å². The van der Waals surface area contributed by atoms with Gasteiger partial charge in [0.2, 0.25) is 0 Å². The number of amides is 1. The zero-order valence-electron chi connectivity index (χ0n) is 13.8. The number of rotatable bonds is 3. The Balaban J connectivity index is 1.82. The van der Waals surface area contributed by atoms with Gasteiger partial charge in [-0.2, -0.15) is 0 Å². The highest BCUT2D eigenvalue weighted by atomic mass is 16.5. The van der Waals surface area contributed by atoms with Gasteiger partial charge in [0.05, 0.1) is 0 Å². The van der Waals surface area contributed by atoms with Crippen molar-refractivity contribution in [3.05, 3.63) is 17.5 Å². The van der Waals surface area contributed by atoms with Gasteiger partial charge >= 0.3 is 5.97 Å². The van der Waals surface area contributed by atoms with E-state index in [9.17, 15) is 14.7 Å². The van der Waals surface area contributed by atoms with Crippen LogP contribution in [0.1, 0.15) is 42.4 Å². The van der Waals surface area contributed by atoms with Crippen molar-refractivity contribution >= 4 is 11.9 Å². The number of fused-ring (bicyclic) bond motifs is 1. The maximum atomic E-state index is 12.7. The molecular weight excluding hydrogens is 298 g/mol. The first-order valence-electron chi connectivity index (χ1n) is 8.01. The van der Waals surface area contributed by atoms with Crippen molar-refractivity contribution in [2.75, 3.05) is 33.2 Å². The van der Waals surface area contributed by atoms with E-state index in [0.29, 0.717) is 18.8 Å². The molecule has 1 aromatic heterocycles. The van der Waals surface area contributed by atoms with Gasteiger partial charge in [-0.05, 0) is 25.9 Å². The zero-order valence-corrected chi connectivity index (χ0v) is 13.8.